The minimum atomic E-state index is -3.66. The van der Waals surface area contributed by atoms with Crippen LogP contribution < -0.4 is 19.5 Å². The van der Waals surface area contributed by atoms with Crippen molar-refractivity contribution in [2.45, 2.75) is 31.7 Å². The minimum Gasteiger partial charge on any atom is -0.494 e. The first-order chi connectivity index (χ1) is 13.2. The average molecular weight is 427 g/mol. The summed E-state index contributed by atoms with van der Waals surface area (Å²) in [6.07, 6.45) is 0. The lowest BCUT2D eigenvalue weighted by atomic mass is 10.3. The van der Waals surface area contributed by atoms with Crippen LogP contribution in [0.3, 0.4) is 0 Å². The highest BCUT2D eigenvalue weighted by Gasteiger charge is 2.17. The van der Waals surface area contributed by atoms with Crippen LogP contribution in [0.2, 0.25) is 5.02 Å². The van der Waals surface area contributed by atoms with E-state index in [9.17, 15) is 13.2 Å². The molecule has 0 spiro atoms. The Labute approximate surface area is 170 Å². The highest BCUT2D eigenvalue weighted by Crippen LogP contribution is 2.27. The van der Waals surface area contributed by atoms with Crippen molar-refractivity contribution >= 4 is 33.2 Å². The standard InChI is InChI=1S/C19H23ClN2O5S/c1-4-26-15-7-5-14(6-8-15)21-19(23)12-27-18-10-9-16(11-17(18)20)28(24,25)22-13(2)3/h5-11,13,22H,4,12H2,1-3H3,(H,21,23). The Balaban J connectivity index is 1.95. The first kappa shape index (κ1) is 22.0. The molecule has 28 heavy (non-hydrogen) atoms. The summed E-state index contributed by atoms with van der Waals surface area (Å²) in [5.74, 6) is 0.552. The van der Waals surface area contributed by atoms with Gasteiger partial charge in [0.2, 0.25) is 10.0 Å². The summed E-state index contributed by atoms with van der Waals surface area (Å²) < 4.78 is 37.5. The zero-order chi connectivity index (χ0) is 20.7. The van der Waals surface area contributed by atoms with Crippen molar-refractivity contribution in [3.05, 3.63) is 47.5 Å². The average Bonchev–Trinajstić information content (AvgIpc) is 2.61. The molecule has 0 atom stereocenters. The molecule has 2 N–H and O–H groups in total. The maximum Gasteiger partial charge on any atom is 0.262 e. The third kappa shape index (κ3) is 6.40. The van der Waals surface area contributed by atoms with Crippen molar-refractivity contribution in [2.24, 2.45) is 0 Å². The van der Waals surface area contributed by atoms with E-state index in [1.165, 1.54) is 18.2 Å². The smallest absolute Gasteiger partial charge is 0.262 e. The van der Waals surface area contributed by atoms with E-state index in [-0.39, 0.29) is 34.2 Å². The Kier molecular flexibility index (Phi) is 7.68. The molecule has 0 saturated carbocycles. The zero-order valence-electron chi connectivity index (χ0n) is 15.9. The topological polar surface area (TPSA) is 93.7 Å². The van der Waals surface area contributed by atoms with Crippen LogP contribution in [-0.4, -0.2) is 33.6 Å². The highest BCUT2D eigenvalue weighted by molar-refractivity contribution is 7.89. The van der Waals surface area contributed by atoms with Crippen molar-refractivity contribution in [3.63, 3.8) is 0 Å². The molecule has 2 aromatic rings. The summed E-state index contributed by atoms with van der Waals surface area (Å²) in [5, 5.41) is 2.79. The van der Waals surface area contributed by atoms with E-state index in [4.69, 9.17) is 21.1 Å². The molecule has 0 aliphatic rings. The Morgan fingerprint density at radius 2 is 1.79 bits per heavy atom. The fourth-order valence-electron chi connectivity index (χ4n) is 2.29. The molecule has 9 heteroatoms. The van der Waals surface area contributed by atoms with Crippen molar-refractivity contribution in [2.75, 3.05) is 18.5 Å². The van der Waals surface area contributed by atoms with Gasteiger partial charge in [-0.25, -0.2) is 13.1 Å². The van der Waals surface area contributed by atoms with Crippen molar-refractivity contribution in [1.82, 2.24) is 4.72 Å². The monoisotopic (exact) mass is 426 g/mol. The van der Waals surface area contributed by atoms with Crippen LogP contribution in [0, 0.1) is 0 Å². The summed E-state index contributed by atoms with van der Waals surface area (Å²) in [7, 11) is -3.66. The second-order valence-electron chi connectivity index (χ2n) is 6.16. The second kappa shape index (κ2) is 9.77. The Bertz CT molecular complexity index is 914. The van der Waals surface area contributed by atoms with Gasteiger partial charge >= 0.3 is 0 Å². The molecule has 0 aliphatic heterocycles. The van der Waals surface area contributed by atoms with E-state index in [0.29, 0.717) is 18.0 Å². The van der Waals surface area contributed by atoms with Gasteiger partial charge in [-0.05, 0) is 63.2 Å². The number of ether oxygens (including phenoxy) is 2. The lowest BCUT2D eigenvalue weighted by Crippen LogP contribution is -2.30. The van der Waals surface area contributed by atoms with E-state index < -0.39 is 10.0 Å². The van der Waals surface area contributed by atoms with Gasteiger partial charge in [-0.2, -0.15) is 0 Å². The van der Waals surface area contributed by atoms with Gasteiger partial charge in [-0.1, -0.05) is 11.6 Å². The number of hydrogen-bond donors (Lipinski definition) is 2. The van der Waals surface area contributed by atoms with Crippen molar-refractivity contribution < 1.29 is 22.7 Å². The third-order valence-corrected chi connectivity index (χ3v) is 5.36. The number of benzene rings is 2. The Morgan fingerprint density at radius 1 is 1.11 bits per heavy atom. The molecule has 0 aromatic heterocycles. The maximum atomic E-state index is 12.2. The minimum absolute atomic E-state index is 0.0254. The van der Waals surface area contributed by atoms with Crippen LogP contribution >= 0.6 is 11.6 Å². The lowest BCUT2D eigenvalue weighted by molar-refractivity contribution is -0.118. The number of nitrogens with one attached hydrogen (secondary N) is 2. The van der Waals surface area contributed by atoms with Crippen LogP contribution in [0.4, 0.5) is 5.69 Å². The first-order valence-electron chi connectivity index (χ1n) is 8.68. The van der Waals surface area contributed by atoms with E-state index in [1.807, 2.05) is 6.92 Å². The SMILES string of the molecule is CCOc1ccc(NC(=O)COc2ccc(S(=O)(=O)NC(C)C)cc2Cl)cc1. The van der Waals surface area contributed by atoms with Crippen LogP contribution in [0.1, 0.15) is 20.8 Å². The molecule has 0 radical (unpaired) electrons. The molecule has 0 bridgehead atoms. The Hall–Kier alpha value is -2.29. The maximum absolute atomic E-state index is 12.2. The van der Waals surface area contributed by atoms with Crippen LogP contribution in [0.25, 0.3) is 0 Å². The molecule has 152 valence electrons. The molecule has 0 unspecified atom stereocenters. The molecule has 0 aliphatic carbocycles. The largest absolute Gasteiger partial charge is 0.494 e. The predicted molar refractivity (Wildman–Crippen MR) is 109 cm³/mol. The number of carbonyl (C=O) groups excluding carboxylic acids is 1. The summed E-state index contributed by atoms with van der Waals surface area (Å²) in [5.41, 5.74) is 0.601. The molecule has 2 rings (SSSR count). The zero-order valence-corrected chi connectivity index (χ0v) is 17.4. The molecule has 7 nitrogen and oxygen atoms in total. The summed E-state index contributed by atoms with van der Waals surface area (Å²) in [6.45, 7) is 5.62. The number of amides is 1. The Morgan fingerprint density at radius 3 is 2.36 bits per heavy atom. The fourth-order valence-corrected chi connectivity index (χ4v) is 3.86. The van der Waals surface area contributed by atoms with Crippen LogP contribution in [0.5, 0.6) is 11.5 Å². The van der Waals surface area contributed by atoms with E-state index in [1.54, 1.807) is 38.1 Å². The predicted octanol–water partition coefficient (Wildman–Crippen LogP) is 3.44. The van der Waals surface area contributed by atoms with Gasteiger partial charge in [0.1, 0.15) is 11.5 Å². The second-order valence-corrected chi connectivity index (χ2v) is 8.28. The number of rotatable bonds is 9. The van der Waals surface area contributed by atoms with Gasteiger partial charge in [0.25, 0.3) is 5.91 Å². The molecule has 1 amide bonds. The molecule has 0 heterocycles. The molecular formula is C19H23ClN2O5S. The van der Waals surface area contributed by atoms with E-state index >= 15 is 0 Å². The molecular weight excluding hydrogens is 404 g/mol. The van der Waals surface area contributed by atoms with Gasteiger partial charge in [-0.3, -0.25) is 4.79 Å². The molecule has 0 fully saturated rings. The number of sulfonamides is 1. The number of halogens is 1. The van der Waals surface area contributed by atoms with Crippen molar-refractivity contribution in [3.8, 4) is 11.5 Å². The normalized spacial score (nSPS) is 11.3. The number of hydrogen-bond acceptors (Lipinski definition) is 5. The highest BCUT2D eigenvalue weighted by atomic mass is 35.5. The van der Waals surface area contributed by atoms with Gasteiger partial charge in [0, 0.05) is 11.7 Å². The summed E-state index contributed by atoms with van der Waals surface area (Å²) in [4.78, 5) is 12.1. The van der Waals surface area contributed by atoms with Gasteiger partial charge in [0.05, 0.1) is 16.5 Å². The van der Waals surface area contributed by atoms with E-state index in [0.717, 1.165) is 0 Å². The van der Waals surface area contributed by atoms with Gasteiger partial charge < -0.3 is 14.8 Å². The van der Waals surface area contributed by atoms with E-state index in [2.05, 4.69) is 10.0 Å². The molecule has 2 aromatic carbocycles. The van der Waals surface area contributed by atoms with Crippen LogP contribution in [0.15, 0.2) is 47.4 Å². The fraction of sp³-hybridized carbons (Fsp3) is 0.316. The lowest BCUT2D eigenvalue weighted by Gasteiger charge is -2.12. The van der Waals surface area contributed by atoms with Crippen LogP contribution in [-0.2, 0) is 14.8 Å². The number of carbonyl (C=O) groups is 1. The van der Waals surface area contributed by atoms with Crippen molar-refractivity contribution in [1.29, 1.82) is 0 Å². The molecule has 0 saturated heterocycles. The van der Waals surface area contributed by atoms with Gasteiger partial charge in [0.15, 0.2) is 6.61 Å². The first-order valence-corrected chi connectivity index (χ1v) is 10.5. The van der Waals surface area contributed by atoms with Gasteiger partial charge in [-0.15, -0.1) is 0 Å². The summed E-state index contributed by atoms with van der Waals surface area (Å²) >= 11 is 6.10. The quantitative estimate of drug-likeness (QED) is 0.640. The summed E-state index contributed by atoms with van der Waals surface area (Å²) in [6, 6.07) is 10.8. The number of anilines is 1. The third-order valence-electron chi connectivity index (χ3n) is 3.41.